The third-order valence-corrected chi connectivity index (χ3v) is 3.47. The van der Waals surface area contributed by atoms with Crippen molar-refractivity contribution in [2.75, 3.05) is 6.54 Å². The van der Waals surface area contributed by atoms with Gasteiger partial charge in [-0.2, -0.15) is 0 Å². The van der Waals surface area contributed by atoms with E-state index in [-0.39, 0.29) is 6.10 Å². The maximum absolute atomic E-state index is 9.41. The smallest absolute Gasteiger partial charge is 0.106 e. The van der Waals surface area contributed by atoms with E-state index in [0.29, 0.717) is 5.92 Å². The molecule has 0 amide bonds. The fraction of sp³-hybridized carbons (Fsp3) is 0.583. The quantitative estimate of drug-likeness (QED) is 0.833. The number of hydrogen-bond donors (Lipinski definition) is 2. The second-order valence-electron chi connectivity index (χ2n) is 4.42. The summed E-state index contributed by atoms with van der Waals surface area (Å²) in [5.74, 6) is 0.627. The number of pyridine rings is 1. The van der Waals surface area contributed by atoms with Crippen LogP contribution in [0.2, 0.25) is 0 Å². The van der Waals surface area contributed by atoms with Crippen molar-refractivity contribution in [1.29, 1.82) is 0 Å². The maximum Gasteiger partial charge on any atom is 0.106 e. The highest BCUT2D eigenvalue weighted by molar-refractivity contribution is 9.10. The van der Waals surface area contributed by atoms with Crippen LogP contribution in [-0.2, 0) is 6.54 Å². The van der Waals surface area contributed by atoms with Crippen LogP contribution in [0.1, 0.15) is 25.0 Å². The summed E-state index contributed by atoms with van der Waals surface area (Å²) in [6.45, 7) is 1.78. The second kappa shape index (κ2) is 5.75. The zero-order valence-electron chi connectivity index (χ0n) is 9.19. The molecule has 0 saturated heterocycles. The van der Waals surface area contributed by atoms with Crippen LogP contribution >= 0.6 is 15.9 Å². The lowest BCUT2D eigenvalue weighted by Crippen LogP contribution is -2.21. The normalized spacial score (nSPS) is 24.9. The van der Waals surface area contributed by atoms with Gasteiger partial charge in [0.1, 0.15) is 4.60 Å². The fourth-order valence-corrected chi connectivity index (χ4v) is 2.57. The van der Waals surface area contributed by atoms with Crippen LogP contribution in [0.15, 0.2) is 22.8 Å². The lowest BCUT2D eigenvalue weighted by Gasteiger charge is -2.10. The molecular formula is C12H17BrN2O. The van der Waals surface area contributed by atoms with Crippen LogP contribution in [0, 0.1) is 5.92 Å². The Balaban J connectivity index is 1.72. The lowest BCUT2D eigenvalue weighted by molar-refractivity contribution is 0.177. The minimum absolute atomic E-state index is 0.0733. The van der Waals surface area contributed by atoms with Gasteiger partial charge in [-0.1, -0.05) is 6.07 Å². The number of aliphatic hydroxyl groups is 1. The Morgan fingerprint density at radius 1 is 1.44 bits per heavy atom. The second-order valence-corrected chi connectivity index (χ2v) is 5.23. The summed E-state index contributed by atoms with van der Waals surface area (Å²) >= 11 is 3.36. The Kier molecular flexibility index (Phi) is 4.32. The minimum Gasteiger partial charge on any atom is -0.393 e. The van der Waals surface area contributed by atoms with E-state index in [2.05, 4.69) is 26.2 Å². The first kappa shape index (κ1) is 12.0. The molecule has 0 bridgehead atoms. The molecule has 0 aromatic carbocycles. The van der Waals surface area contributed by atoms with Crippen molar-refractivity contribution in [1.82, 2.24) is 10.3 Å². The molecule has 1 aliphatic rings. The van der Waals surface area contributed by atoms with Gasteiger partial charge < -0.3 is 10.4 Å². The molecule has 0 spiro atoms. The van der Waals surface area contributed by atoms with Gasteiger partial charge in [-0.3, -0.25) is 0 Å². The van der Waals surface area contributed by atoms with E-state index in [0.717, 1.165) is 42.6 Å². The van der Waals surface area contributed by atoms with Crippen LogP contribution in [0.5, 0.6) is 0 Å². The van der Waals surface area contributed by atoms with Gasteiger partial charge in [-0.05, 0) is 59.8 Å². The van der Waals surface area contributed by atoms with Crippen LogP contribution in [0.25, 0.3) is 0 Å². The Labute approximate surface area is 104 Å². The third kappa shape index (κ3) is 3.54. The molecule has 2 atom stereocenters. The van der Waals surface area contributed by atoms with Gasteiger partial charge in [0, 0.05) is 6.54 Å². The lowest BCUT2D eigenvalue weighted by atomic mass is 10.1. The highest BCUT2D eigenvalue weighted by Crippen LogP contribution is 2.24. The standard InChI is InChI=1S/C12H17BrN2O/c13-12-3-1-2-10(15-12)8-14-7-9-4-5-11(16)6-9/h1-3,9,11,14,16H,4-8H2. The predicted octanol–water partition coefficient (Wildman–Crippen LogP) is 2.09. The van der Waals surface area contributed by atoms with E-state index in [4.69, 9.17) is 0 Å². The Bertz CT molecular complexity index is 346. The van der Waals surface area contributed by atoms with E-state index in [1.165, 1.54) is 0 Å². The SMILES string of the molecule is OC1CCC(CNCc2cccc(Br)n2)C1. The van der Waals surface area contributed by atoms with Crippen LogP contribution in [0.3, 0.4) is 0 Å². The summed E-state index contributed by atoms with van der Waals surface area (Å²) in [6.07, 6.45) is 2.97. The van der Waals surface area contributed by atoms with Crippen LogP contribution < -0.4 is 5.32 Å². The molecule has 0 aliphatic heterocycles. The molecule has 1 aliphatic carbocycles. The van der Waals surface area contributed by atoms with Crippen molar-refractivity contribution >= 4 is 15.9 Å². The average molecular weight is 285 g/mol. The molecule has 0 radical (unpaired) electrons. The third-order valence-electron chi connectivity index (χ3n) is 3.03. The summed E-state index contributed by atoms with van der Waals surface area (Å²) in [7, 11) is 0. The molecule has 4 heteroatoms. The monoisotopic (exact) mass is 284 g/mol. The number of halogens is 1. The van der Waals surface area contributed by atoms with Gasteiger partial charge in [0.15, 0.2) is 0 Å². The van der Waals surface area contributed by atoms with E-state index >= 15 is 0 Å². The van der Waals surface area contributed by atoms with Gasteiger partial charge in [0.05, 0.1) is 11.8 Å². The molecule has 1 aromatic heterocycles. The topological polar surface area (TPSA) is 45.1 Å². The first-order valence-corrected chi connectivity index (χ1v) is 6.53. The van der Waals surface area contributed by atoms with Crippen molar-refractivity contribution in [3.05, 3.63) is 28.5 Å². The average Bonchev–Trinajstić information content (AvgIpc) is 2.64. The molecule has 2 N–H and O–H groups in total. The Morgan fingerprint density at radius 2 is 2.31 bits per heavy atom. The van der Waals surface area contributed by atoms with E-state index in [1.54, 1.807) is 0 Å². The highest BCUT2D eigenvalue weighted by atomic mass is 79.9. The highest BCUT2D eigenvalue weighted by Gasteiger charge is 2.21. The van der Waals surface area contributed by atoms with Gasteiger partial charge in [-0.25, -0.2) is 4.98 Å². The molecule has 1 saturated carbocycles. The molecule has 1 fully saturated rings. The number of hydrogen-bond acceptors (Lipinski definition) is 3. The maximum atomic E-state index is 9.41. The molecule has 1 heterocycles. The van der Waals surface area contributed by atoms with Crippen LogP contribution in [-0.4, -0.2) is 22.7 Å². The van der Waals surface area contributed by atoms with E-state index < -0.39 is 0 Å². The first-order valence-electron chi connectivity index (χ1n) is 5.74. The molecule has 2 rings (SSSR count). The molecular weight excluding hydrogens is 268 g/mol. The van der Waals surface area contributed by atoms with Crippen molar-refractivity contribution < 1.29 is 5.11 Å². The number of nitrogens with zero attached hydrogens (tertiary/aromatic N) is 1. The largest absolute Gasteiger partial charge is 0.393 e. The van der Waals surface area contributed by atoms with Crippen molar-refractivity contribution in [3.63, 3.8) is 0 Å². The Hall–Kier alpha value is -0.450. The van der Waals surface area contributed by atoms with Gasteiger partial charge in [0.2, 0.25) is 0 Å². The molecule has 1 aromatic rings. The van der Waals surface area contributed by atoms with Gasteiger partial charge >= 0.3 is 0 Å². The number of rotatable bonds is 4. The van der Waals surface area contributed by atoms with Crippen molar-refractivity contribution in [2.24, 2.45) is 5.92 Å². The molecule has 2 unspecified atom stereocenters. The number of aliphatic hydroxyl groups excluding tert-OH is 1. The zero-order chi connectivity index (χ0) is 11.4. The summed E-state index contributed by atoms with van der Waals surface area (Å²) < 4.78 is 0.878. The summed E-state index contributed by atoms with van der Waals surface area (Å²) in [6, 6.07) is 5.94. The van der Waals surface area contributed by atoms with Crippen LogP contribution in [0.4, 0.5) is 0 Å². The predicted molar refractivity (Wildman–Crippen MR) is 67.0 cm³/mol. The fourth-order valence-electron chi connectivity index (χ4n) is 2.19. The Morgan fingerprint density at radius 3 is 3.00 bits per heavy atom. The van der Waals surface area contributed by atoms with E-state index in [1.807, 2.05) is 18.2 Å². The van der Waals surface area contributed by atoms with Crippen molar-refractivity contribution in [3.8, 4) is 0 Å². The van der Waals surface area contributed by atoms with Gasteiger partial charge in [-0.15, -0.1) is 0 Å². The van der Waals surface area contributed by atoms with Gasteiger partial charge in [0.25, 0.3) is 0 Å². The summed E-state index contributed by atoms with van der Waals surface area (Å²) in [5, 5.41) is 12.8. The minimum atomic E-state index is -0.0733. The summed E-state index contributed by atoms with van der Waals surface area (Å²) in [4.78, 5) is 4.36. The van der Waals surface area contributed by atoms with E-state index in [9.17, 15) is 5.11 Å². The molecule has 88 valence electrons. The number of aromatic nitrogens is 1. The summed E-state index contributed by atoms with van der Waals surface area (Å²) in [5.41, 5.74) is 1.05. The zero-order valence-corrected chi connectivity index (χ0v) is 10.8. The molecule has 16 heavy (non-hydrogen) atoms. The molecule has 3 nitrogen and oxygen atoms in total. The number of nitrogens with one attached hydrogen (secondary N) is 1. The van der Waals surface area contributed by atoms with Crippen molar-refractivity contribution in [2.45, 2.75) is 31.9 Å². The first-order chi connectivity index (χ1) is 7.74.